The summed E-state index contributed by atoms with van der Waals surface area (Å²) in [6, 6.07) is -3.25. The number of hydrogen-bond acceptors (Lipinski definition) is 8. The lowest BCUT2D eigenvalue weighted by Crippen LogP contribution is -2.57. The lowest BCUT2D eigenvalue weighted by Gasteiger charge is -2.23. The normalized spacial score (nSPS) is 14.0. The van der Waals surface area contributed by atoms with E-state index in [4.69, 9.17) is 21.7 Å². The summed E-state index contributed by atoms with van der Waals surface area (Å²) in [7, 11) is 0. The van der Waals surface area contributed by atoms with Crippen molar-refractivity contribution < 1.29 is 29.4 Å². The molecule has 0 aromatic heterocycles. The zero-order valence-corrected chi connectivity index (χ0v) is 15.2. The molecule has 0 spiro atoms. The topological polar surface area (TPSA) is 197 Å². The molecule has 0 aliphatic heterocycles. The van der Waals surface area contributed by atoms with Crippen molar-refractivity contribution in [3.63, 3.8) is 0 Å². The van der Waals surface area contributed by atoms with E-state index in [0.29, 0.717) is 19.4 Å². The highest BCUT2D eigenvalue weighted by Crippen LogP contribution is 2.02. The van der Waals surface area contributed by atoms with Crippen LogP contribution in [0.2, 0.25) is 0 Å². The van der Waals surface area contributed by atoms with Crippen LogP contribution in [0.1, 0.15) is 19.3 Å². The molecule has 0 saturated heterocycles. The fourth-order valence-electron chi connectivity index (χ4n) is 1.88. The first-order valence-electron chi connectivity index (χ1n) is 8.04. The molecule has 0 aromatic rings. The van der Waals surface area contributed by atoms with Crippen LogP contribution in [0.5, 0.6) is 0 Å². The Bertz CT molecular complexity index is 492. The van der Waals surface area contributed by atoms with Crippen LogP contribution >= 0.6 is 12.6 Å². The van der Waals surface area contributed by atoms with Gasteiger partial charge in [-0.15, -0.1) is 0 Å². The monoisotopic (exact) mass is 393 g/mol. The van der Waals surface area contributed by atoms with Crippen molar-refractivity contribution in [1.82, 2.24) is 16.0 Å². The van der Waals surface area contributed by atoms with Gasteiger partial charge in [-0.05, 0) is 25.8 Å². The SMILES string of the molecule is NCCCCC(NC(=O)C(CS)NC(=O)C(N)CO)C(=O)NCC(=O)O. The van der Waals surface area contributed by atoms with E-state index < -0.39 is 55.0 Å². The molecule has 11 nitrogen and oxygen atoms in total. The third-order valence-corrected chi connectivity index (χ3v) is 3.71. The lowest BCUT2D eigenvalue weighted by atomic mass is 10.1. The molecule has 0 aromatic carbocycles. The number of aliphatic hydroxyl groups is 1. The highest BCUT2D eigenvalue weighted by atomic mass is 32.1. The number of aliphatic carboxylic acids is 1. The van der Waals surface area contributed by atoms with Crippen molar-refractivity contribution in [1.29, 1.82) is 0 Å². The summed E-state index contributed by atoms with van der Waals surface area (Å²) in [6.45, 7) is -0.766. The molecule has 0 bridgehead atoms. The number of rotatable bonds is 13. The molecule has 3 unspecified atom stereocenters. The van der Waals surface area contributed by atoms with Gasteiger partial charge in [-0.25, -0.2) is 0 Å². The molecule has 0 heterocycles. The maximum Gasteiger partial charge on any atom is 0.322 e. The molecule has 0 fully saturated rings. The first-order valence-corrected chi connectivity index (χ1v) is 8.67. The van der Waals surface area contributed by atoms with Gasteiger partial charge in [-0.2, -0.15) is 12.6 Å². The van der Waals surface area contributed by atoms with Crippen LogP contribution in [0.15, 0.2) is 0 Å². The highest BCUT2D eigenvalue weighted by Gasteiger charge is 2.27. The van der Waals surface area contributed by atoms with Gasteiger partial charge in [0.05, 0.1) is 6.61 Å². The molecule has 0 aliphatic rings. The van der Waals surface area contributed by atoms with Gasteiger partial charge in [0.1, 0.15) is 24.7 Å². The van der Waals surface area contributed by atoms with Crippen LogP contribution < -0.4 is 27.4 Å². The molecule has 3 atom stereocenters. The second kappa shape index (κ2) is 13.3. The highest BCUT2D eigenvalue weighted by molar-refractivity contribution is 7.80. The molecule has 150 valence electrons. The standard InChI is InChI=1S/C14H27N5O6S/c15-4-2-1-3-9(13(24)17-5-11(21)22)18-14(25)10(7-26)19-12(23)8(16)6-20/h8-10,20,26H,1-7,15-16H2,(H,17,24)(H,18,25)(H,19,23)(H,21,22). The molecule has 26 heavy (non-hydrogen) atoms. The van der Waals surface area contributed by atoms with E-state index in [1.165, 1.54) is 0 Å². The van der Waals surface area contributed by atoms with E-state index in [2.05, 4.69) is 28.6 Å². The van der Waals surface area contributed by atoms with Crippen molar-refractivity contribution in [3.8, 4) is 0 Å². The van der Waals surface area contributed by atoms with Crippen LogP contribution in [0.25, 0.3) is 0 Å². The van der Waals surface area contributed by atoms with Gasteiger partial charge in [0.15, 0.2) is 0 Å². The van der Waals surface area contributed by atoms with E-state index in [1.54, 1.807) is 0 Å². The van der Waals surface area contributed by atoms with Crippen molar-refractivity contribution in [2.75, 3.05) is 25.4 Å². The maximum atomic E-state index is 12.3. The minimum absolute atomic E-state index is 0.0675. The summed E-state index contributed by atoms with van der Waals surface area (Å²) >= 11 is 3.98. The number of carboxylic acids is 1. The van der Waals surface area contributed by atoms with E-state index in [-0.39, 0.29) is 12.2 Å². The van der Waals surface area contributed by atoms with Crippen LogP contribution in [-0.4, -0.2) is 77.5 Å². The number of aliphatic hydroxyl groups excluding tert-OH is 1. The maximum absolute atomic E-state index is 12.3. The Morgan fingerprint density at radius 2 is 1.62 bits per heavy atom. The number of amides is 3. The van der Waals surface area contributed by atoms with Crippen LogP contribution in [0.4, 0.5) is 0 Å². The number of thiol groups is 1. The second-order valence-corrected chi connectivity index (χ2v) is 5.86. The largest absolute Gasteiger partial charge is 0.480 e. The molecular formula is C14H27N5O6S. The molecule has 0 radical (unpaired) electrons. The Balaban J connectivity index is 4.90. The number of unbranched alkanes of at least 4 members (excludes halogenated alkanes) is 1. The van der Waals surface area contributed by atoms with E-state index in [0.717, 1.165) is 0 Å². The molecule has 0 saturated carbocycles. The first-order chi connectivity index (χ1) is 12.3. The van der Waals surface area contributed by atoms with Crippen LogP contribution in [-0.2, 0) is 19.2 Å². The number of nitrogens with two attached hydrogens (primary N) is 2. The van der Waals surface area contributed by atoms with Gasteiger partial charge in [0.2, 0.25) is 17.7 Å². The first kappa shape index (κ1) is 24.1. The van der Waals surface area contributed by atoms with Crippen molar-refractivity contribution in [2.45, 2.75) is 37.4 Å². The Labute approximate surface area is 156 Å². The average molecular weight is 393 g/mol. The smallest absolute Gasteiger partial charge is 0.322 e. The summed E-state index contributed by atoms with van der Waals surface area (Å²) in [5.41, 5.74) is 10.8. The van der Waals surface area contributed by atoms with Gasteiger partial charge >= 0.3 is 5.97 Å². The van der Waals surface area contributed by atoms with E-state index >= 15 is 0 Å². The average Bonchev–Trinajstić information content (AvgIpc) is 2.62. The molecule has 3 amide bonds. The van der Waals surface area contributed by atoms with E-state index in [9.17, 15) is 19.2 Å². The van der Waals surface area contributed by atoms with Gasteiger partial charge in [-0.3, -0.25) is 19.2 Å². The fraction of sp³-hybridized carbons (Fsp3) is 0.714. The Morgan fingerprint density at radius 3 is 2.12 bits per heavy atom. The Hall–Kier alpha value is -1.89. The van der Waals surface area contributed by atoms with Crippen molar-refractivity contribution in [2.24, 2.45) is 11.5 Å². The molecule has 0 rings (SSSR count). The summed E-state index contributed by atoms with van der Waals surface area (Å²) in [5, 5.41) is 24.5. The van der Waals surface area contributed by atoms with Crippen molar-refractivity contribution in [3.05, 3.63) is 0 Å². The third kappa shape index (κ3) is 9.56. The zero-order chi connectivity index (χ0) is 20.1. The number of hydrogen-bond donors (Lipinski definition) is 8. The number of carboxylic acid groups (broad SMARTS) is 1. The molecule has 12 heteroatoms. The number of carbonyl (C=O) groups is 4. The lowest BCUT2D eigenvalue weighted by molar-refractivity contribution is -0.138. The minimum Gasteiger partial charge on any atom is -0.480 e. The second-order valence-electron chi connectivity index (χ2n) is 5.49. The number of carbonyl (C=O) groups excluding carboxylic acids is 3. The zero-order valence-electron chi connectivity index (χ0n) is 14.3. The minimum atomic E-state index is -1.22. The van der Waals surface area contributed by atoms with E-state index in [1.807, 2.05) is 0 Å². The quantitative estimate of drug-likeness (QED) is 0.117. The van der Waals surface area contributed by atoms with Gasteiger partial charge < -0.3 is 37.6 Å². The third-order valence-electron chi connectivity index (χ3n) is 3.34. The number of nitrogens with one attached hydrogen (secondary N) is 3. The van der Waals surface area contributed by atoms with Gasteiger partial charge in [-0.1, -0.05) is 0 Å². The van der Waals surface area contributed by atoms with Crippen molar-refractivity contribution >= 4 is 36.3 Å². The fourth-order valence-corrected chi connectivity index (χ4v) is 2.13. The summed E-state index contributed by atoms with van der Waals surface area (Å²) in [6.07, 6.45) is 1.41. The molecular weight excluding hydrogens is 366 g/mol. The van der Waals surface area contributed by atoms with Crippen LogP contribution in [0, 0.1) is 0 Å². The summed E-state index contributed by atoms with van der Waals surface area (Å²) in [5.74, 6) is -3.36. The van der Waals surface area contributed by atoms with Gasteiger partial charge in [0.25, 0.3) is 0 Å². The predicted molar refractivity (Wildman–Crippen MR) is 96.3 cm³/mol. The summed E-state index contributed by atoms with van der Waals surface area (Å²) < 4.78 is 0. The molecule has 9 N–H and O–H groups in total. The predicted octanol–water partition coefficient (Wildman–Crippen LogP) is -3.46. The Kier molecular flexibility index (Phi) is 12.4. The Morgan fingerprint density at radius 1 is 1.00 bits per heavy atom. The van der Waals surface area contributed by atoms with Gasteiger partial charge in [0, 0.05) is 5.75 Å². The molecule has 0 aliphatic carbocycles. The van der Waals surface area contributed by atoms with Crippen LogP contribution in [0.3, 0.4) is 0 Å². The summed E-state index contributed by atoms with van der Waals surface area (Å²) in [4.78, 5) is 46.6.